The molecule has 1 fully saturated rings. The maximum Gasteiger partial charge on any atom is 0.238 e. The van der Waals surface area contributed by atoms with Crippen LogP contribution in [-0.4, -0.2) is 32.2 Å². The summed E-state index contributed by atoms with van der Waals surface area (Å²) in [5.41, 5.74) is 0.966. The lowest BCUT2D eigenvalue weighted by molar-refractivity contribution is -0.121. The van der Waals surface area contributed by atoms with E-state index in [2.05, 4.69) is 20.8 Å². The minimum absolute atomic E-state index is 0.0381. The number of benzene rings is 1. The molecule has 0 radical (unpaired) electrons. The molecule has 1 aliphatic rings. The molecule has 0 spiro atoms. The van der Waals surface area contributed by atoms with Crippen molar-refractivity contribution >= 4 is 17.7 Å². The fourth-order valence-electron chi connectivity index (χ4n) is 2.85. The van der Waals surface area contributed by atoms with Gasteiger partial charge in [-0.25, -0.2) is 4.68 Å². The van der Waals surface area contributed by atoms with Gasteiger partial charge in [0.05, 0.1) is 0 Å². The van der Waals surface area contributed by atoms with Gasteiger partial charge in [-0.2, -0.15) is 0 Å². The van der Waals surface area contributed by atoms with Crippen LogP contribution in [0.5, 0.6) is 0 Å². The number of nitrogens with zero attached hydrogens (tertiary/aromatic N) is 4. The first-order valence-electron chi connectivity index (χ1n) is 7.98. The molecule has 2 aromatic rings. The highest BCUT2D eigenvalue weighted by Crippen LogP contribution is 2.34. The number of hydrogen-bond donors (Lipinski definition) is 1. The lowest BCUT2D eigenvalue weighted by Crippen LogP contribution is -2.38. The minimum Gasteiger partial charge on any atom is -0.352 e. The molecule has 1 atom stereocenters. The average molecular weight is 331 g/mol. The number of aromatic nitrogens is 4. The molecule has 122 valence electrons. The van der Waals surface area contributed by atoms with Crippen LogP contribution in [0.25, 0.3) is 0 Å². The van der Waals surface area contributed by atoms with Crippen molar-refractivity contribution in [3.8, 4) is 0 Å². The zero-order valence-electron chi connectivity index (χ0n) is 13.2. The van der Waals surface area contributed by atoms with E-state index in [-0.39, 0.29) is 11.2 Å². The molecule has 7 heteroatoms. The topological polar surface area (TPSA) is 72.7 Å². The number of hydrogen-bond acceptors (Lipinski definition) is 5. The van der Waals surface area contributed by atoms with Crippen molar-refractivity contribution in [1.82, 2.24) is 25.5 Å². The van der Waals surface area contributed by atoms with Gasteiger partial charge >= 0.3 is 0 Å². The molecule has 1 heterocycles. The van der Waals surface area contributed by atoms with Crippen LogP contribution >= 0.6 is 11.8 Å². The molecule has 3 rings (SSSR count). The predicted molar refractivity (Wildman–Crippen MR) is 88.9 cm³/mol. The molecule has 6 nitrogen and oxygen atoms in total. The third-order valence-electron chi connectivity index (χ3n) is 4.10. The van der Waals surface area contributed by atoms with Crippen molar-refractivity contribution in [3.05, 3.63) is 35.9 Å². The largest absolute Gasteiger partial charge is 0.352 e. The number of nitrogens with one attached hydrogen (secondary N) is 1. The monoisotopic (exact) mass is 331 g/mol. The predicted octanol–water partition coefficient (Wildman–Crippen LogP) is 2.49. The number of carbonyl (C=O) groups excluding carboxylic acids is 1. The van der Waals surface area contributed by atoms with E-state index in [0.29, 0.717) is 11.2 Å². The standard InChI is InChI=1S/C16H21N5OS/c1-21-16(18-19-20-21)23-14(12-8-4-2-5-9-12)15(22)17-13-10-6-3-7-11-13/h2,4-5,8-9,13-14H,3,6-7,10-11H2,1H3,(H,17,22)/t14-/m1/s1. The zero-order chi connectivity index (χ0) is 16.1. The van der Waals surface area contributed by atoms with E-state index in [4.69, 9.17) is 0 Å². The van der Waals surface area contributed by atoms with Crippen LogP contribution in [-0.2, 0) is 11.8 Å². The summed E-state index contributed by atoms with van der Waals surface area (Å²) in [5, 5.41) is 15.0. The van der Waals surface area contributed by atoms with E-state index in [9.17, 15) is 4.79 Å². The van der Waals surface area contributed by atoms with E-state index >= 15 is 0 Å². The normalized spacial score (nSPS) is 16.9. The van der Waals surface area contributed by atoms with Gasteiger partial charge in [0, 0.05) is 13.1 Å². The summed E-state index contributed by atoms with van der Waals surface area (Å²) >= 11 is 1.39. The Hall–Kier alpha value is -1.89. The number of tetrazole rings is 1. The van der Waals surface area contributed by atoms with Gasteiger partial charge < -0.3 is 5.32 Å². The van der Waals surface area contributed by atoms with Crippen LogP contribution in [0.3, 0.4) is 0 Å². The molecule has 1 aliphatic carbocycles. The van der Waals surface area contributed by atoms with Crippen LogP contribution in [0.1, 0.15) is 42.9 Å². The molecule has 1 aromatic heterocycles. The molecule has 0 bridgehead atoms. The Bertz CT molecular complexity index is 639. The first kappa shape index (κ1) is 16.0. The smallest absolute Gasteiger partial charge is 0.238 e. The Morgan fingerprint density at radius 1 is 1.26 bits per heavy atom. The van der Waals surface area contributed by atoms with Crippen LogP contribution in [0, 0.1) is 0 Å². The van der Waals surface area contributed by atoms with E-state index in [1.165, 1.54) is 31.0 Å². The number of carbonyl (C=O) groups is 1. The molecule has 0 unspecified atom stereocenters. The molecule has 0 saturated heterocycles. The fraction of sp³-hybridized carbons (Fsp3) is 0.500. The summed E-state index contributed by atoms with van der Waals surface area (Å²) in [4.78, 5) is 12.8. The second-order valence-electron chi connectivity index (χ2n) is 5.84. The van der Waals surface area contributed by atoms with Crippen molar-refractivity contribution in [2.24, 2.45) is 7.05 Å². The number of thioether (sulfide) groups is 1. The maximum atomic E-state index is 12.8. The zero-order valence-corrected chi connectivity index (χ0v) is 14.0. The van der Waals surface area contributed by atoms with Crippen molar-refractivity contribution in [2.45, 2.75) is 48.6 Å². The molecule has 0 aliphatic heterocycles. The second-order valence-corrected chi connectivity index (χ2v) is 6.91. The Balaban J connectivity index is 1.76. The lowest BCUT2D eigenvalue weighted by atomic mass is 9.95. The first-order valence-corrected chi connectivity index (χ1v) is 8.86. The van der Waals surface area contributed by atoms with E-state index in [1.54, 1.807) is 11.7 Å². The molecule has 1 saturated carbocycles. The summed E-state index contributed by atoms with van der Waals surface area (Å²) in [6, 6.07) is 10.1. The van der Waals surface area contributed by atoms with Gasteiger partial charge in [-0.3, -0.25) is 4.79 Å². The Kier molecular flexibility index (Phi) is 5.27. The lowest BCUT2D eigenvalue weighted by Gasteiger charge is -2.25. The quantitative estimate of drug-likeness (QED) is 0.852. The Morgan fingerprint density at radius 3 is 2.65 bits per heavy atom. The summed E-state index contributed by atoms with van der Waals surface area (Å²) < 4.78 is 1.59. The fourth-order valence-corrected chi connectivity index (χ4v) is 3.80. The third-order valence-corrected chi connectivity index (χ3v) is 5.38. The highest BCUT2D eigenvalue weighted by Gasteiger charge is 2.26. The molecule has 1 aromatic carbocycles. The van der Waals surface area contributed by atoms with Gasteiger partial charge in [0.1, 0.15) is 5.25 Å². The second kappa shape index (κ2) is 7.59. The molecule has 1 amide bonds. The van der Waals surface area contributed by atoms with Gasteiger partial charge in [0.2, 0.25) is 11.1 Å². The molecular weight excluding hydrogens is 310 g/mol. The van der Waals surface area contributed by atoms with Crippen molar-refractivity contribution in [3.63, 3.8) is 0 Å². The molecular formula is C16H21N5OS. The highest BCUT2D eigenvalue weighted by atomic mass is 32.2. The SMILES string of the molecule is Cn1nnnc1S[C@@H](C(=O)NC1CCCCC1)c1ccccc1. The van der Waals surface area contributed by atoms with Crippen LogP contribution in [0.2, 0.25) is 0 Å². The Morgan fingerprint density at radius 2 is 2.00 bits per heavy atom. The first-order chi connectivity index (χ1) is 11.2. The molecule has 1 N–H and O–H groups in total. The van der Waals surface area contributed by atoms with Gasteiger partial charge in [0.25, 0.3) is 0 Å². The maximum absolute atomic E-state index is 12.8. The van der Waals surface area contributed by atoms with Crippen LogP contribution in [0.4, 0.5) is 0 Å². The summed E-state index contributed by atoms with van der Waals surface area (Å²) in [5.74, 6) is 0.0381. The number of aryl methyl sites for hydroxylation is 1. The van der Waals surface area contributed by atoms with Crippen LogP contribution < -0.4 is 5.32 Å². The number of amides is 1. The average Bonchev–Trinajstić information content (AvgIpc) is 2.99. The van der Waals surface area contributed by atoms with Gasteiger partial charge in [-0.05, 0) is 28.8 Å². The summed E-state index contributed by atoms with van der Waals surface area (Å²) in [7, 11) is 1.78. The Labute approximate surface area is 140 Å². The minimum atomic E-state index is -0.345. The third kappa shape index (κ3) is 4.10. The highest BCUT2D eigenvalue weighted by molar-refractivity contribution is 8.00. The van der Waals surface area contributed by atoms with Gasteiger partial charge in [-0.1, -0.05) is 61.4 Å². The van der Waals surface area contributed by atoms with E-state index in [1.807, 2.05) is 30.3 Å². The van der Waals surface area contributed by atoms with Crippen molar-refractivity contribution in [2.75, 3.05) is 0 Å². The van der Waals surface area contributed by atoms with Crippen LogP contribution in [0.15, 0.2) is 35.5 Å². The van der Waals surface area contributed by atoms with Gasteiger partial charge in [0.15, 0.2) is 0 Å². The van der Waals surface area contributed by atoms with Crippen molar-refractivity contribution < 1.29 is 4.79 Å². The van der Waals surface area contributed by atoms with Crippen molar-refractivity contribution in [1.29, 1.82) is 0 Å². The van der Waals surface area contributed by atoms with Gasteiger partial charge in [-0.15, -0.1) is 5.10 Å². The summed E-state index contributed by atoms with van der Waals surface area (Å²) in [6.45, 7) is 0. The van der Waals surface area contributed by atoms with E-state index < -0.39 is 0 Å². The molecule has 23 heavy (non-hydrogen) atoms. The van der Waals surface area contributed by atoms with E-state index in [0.717, 1.165) is 18.4 Å². The summed E-state index contributed by atoms with van der Waals surface area (Å²) in [6.07, 6.45) is 5.81. The number of rotatable bonds is 5.